The Hall–Kier alpha value is -1.48. The summed E-state index contributed by atoms with van der Waals surface area (Å²) in [6, 6.07) is 6.50. The van der Waals surface area contributed by atoms with Gasteiger partial charge in [-0.15, -0.1) is 0 Å². The van der Waals surface area contributed by atoms with Crippen LogP contribution in [0.15, 0.2) is 34.1 Å². The molecule has 0 radical (unpaired) electrons. The highest BCUT2D eigenvalue weighted by molar-refractivity contribution is 7.89. The van der Waals surface area contributed by atoms with E-state index in [-0.39, 0.29) is 5.39 Å². The van der Waals surface area contributed by atoms with Gasteiger partial charge in [0.15, 0.2) is 0 Å². The van der Waals surface area contributed by atoms with Gasteiger partial charge >= 0.3 is 0 Å². The third-order valence-corrected chi connectivity index (χ3v) is 6.92. The van der Waals surface area contributed by atoms with Gasteiger partial charge in [0, 0.05) is 5.39 Å². The highest BCUT2D eigenvalue weighted by Crippen LogP contribution is 2.38. The average molecular weight is 429 g/mol. The molecule has 0 atom stereocenters. The average Bonchev–Trinajstić information content (AvgIpc) is 2.60. The maximum absolute atomic E-state index is 12.2. The molecule has 0 spiro atoms. The Morgan fingerprint density at radius 2 is 1.25 bits per heavy atom. The maximum atomic E-state index is 12.2. The first-order chi connectivity index (χ1) is 13.1. The molecule has 0 aliphatic carbocycles. The number of hydrogen-bond acceptors (Lipinski definition) is 4. The molecule has 0 saturated carbocycles. The minimum absolute atomic E-state index is 0.107. The molecule has 2 aromatic rings. The lowest BCUT2D eigenvalue weighted by atomic mass is 9.92. The van der Waals surface area contributed by atoms with E-state index in [9.17, 15) is 25.9 Å². The van der Waals surface area contributed by atoms with Crippen LogP contribution >= 0.6 is 0 Å². The van der Waals surface area contributed by atoms with Crippen LogP contribution in [0, 0.1) is 0 Å². The summed E-state index contributed by atoms with van der Waals surface area (Å²) in [6.07, 6.45) is 6.27. The summed E-state index contributed by atoms with van der Waals surface area (Å²) in [6.45, 7) is 4.04. The van der Waals surface area contributed by atoms with E-state index in [4.69, 9.17) is 0 Å². The van der Waals surface area contributed by atoms with Crippen LogP contribution in [0.4, 0.5) is 0 Å². The van der Waals surface area contributed by atoms with Crippen molar-refractivity contribution in [2.24, 2.45) is 0 Å². The van der Waals surface area contributed by atoms with Gasteiger partial charge < -0.3 is 0 Å². The Morgan fingerprint density at radius 1 is 0.679 bits per heavy atom. The molecule has 0 aromatic heterocycles. The van der Waals surface area contributed by atoms with E-state index in [2.05, 4.69) is 6.92 Å². The van der Waals surface area contributed by atoms with E-state index in [1.54, 1.807) is 18.2 Å². The van der Waals surface area contributed by atoms with Crippen molar-refractivity contribution in [3.05, 3.63) is 35.4 Å². The third kappa shape index (κ3) is 5.11. The first kappa shape index (κ1) is 22.8. The second-order valence-corrected chi connectivity index (χ2v) is 9.74. The number of fused-ring (bicyclic) bond motifs is 1. The van der Waals surface area contributed by atoms with Crippen LogP contribution in [-0.4, -0.2) is 25.9 Å². The normalized spacial score (nSPS) is 12.6. The molecule has 28 heavy (non-hydrogen) atoms. The van der Waals surface area contributed by atoms with E-state index in [1.165, 1.54) is 6.07 Å². The highest BCUT2D eigenvalue weighted by atomic mass is 32.2. The lowest BCUT2D eigenvalue weighted by molar-refractivity contribution is 0.465. The van der Waals surface area contributed by atoms with Crippen molar-refractivity contribution in [2.75, 3.05) is 0 Å². The fourth-order valence-corrected chi connectivity index (χ4v) is 6.06. The Bertz CT molecular complexity index is 1040. The van der Waals surface area contributed by atoms with Crippen molar-refractivity contribution in [3.8, 4) is 0 Å². The van der Waals surface area contributed by atoms with E-state index in [0.29, 0.717) is 35.8 Å². The predicted octanol–water partition coefficient (Wildman–Crippen LogP) is 4.80. The third-order valence-electron chi connectivity index (χ3n) is 4.89. The summed E-state index contributed by atoms with van der Waals surface area (Å²) in [4.78, 5) is -1.40. The van der Waals surface area contributed by atoms with E-state index < -0.39 is 30.0 Å². The lowest BCUT2D eigenvalue weighted by Gasteiger charge is -2.20. The number of benzene rings is 2. The maximum Gasteiger partial charge on any atom is 0.296 e. The van der Waals surface area contributed by atoms with E-state index in [0.717, 1.165) is 32.1 Å². The van der Waals surface area contributed by atoms with Crippen LogP contribution in [0.2, 0.25) is 0 Å². The fraction of sp³-hybridized carbons (Fsp3) is 0.500. The molecule has 156 valence electrons. The number of aryl methyl sites for hydroxylation is 1. The first-order valence-corrected chi connectivity index (χ1v) is 12.5. The molecular formula is C20H28O6S2. The standard InChI is InChI=1S/C20H28O6S2/c1-3-5-6-7-8-13-17-15(11-4-2)16-12-9-10-14-18(16)20(28(24,25)26)19(17)27(21,22)23/h9-10,12,14H,3-8,11,13H2,1-2H3,(H,21,22,23)(H,24,25,26). The summed E-state index contributed by atoms with van der Waals surface area (Å²) >= 11 is 0. The largest absolute Gasteiger partial charge is 0.296 e. The van der Waals surface area contributed by atoms with Crippen LogP contribution in [0.25, 0.3) is 10.8 Å². The van der Waals surface area contributed by atoms with Crippen molar-refractivity contribution in [1.29, 1.82) is 0 Å². The molecule has 0 amide bonds. The molecule has 0 bridgehead atoms. The minimum atomic E-state index is -4.88. The number of unbranched alkanes of at least 4 members (excludes halogenated alkanes) is 4. The van der Waals surface area contributed by atoms with Gasteiger partial charge in [-0.3, -0.25) is 9.11 Å². The van der Waals surface area contributed by atoms with Gasteiger partial charge in [0.2, 0.25) is 0 Å². The van der Waals surface area contributed by atoms with E-state index in [1.807, 2.05) is 6.92 Å². The molecule has 0 saturated heterocycles. The Balaban J connectivity index is 2.84. The summed E-state index contributed by atoms with van der Waals surface area (Å²) < 4.78 is 68.5. The zero-order chi connectivity index (χ0) is 20.9. The zero-order valence-corrected chi connectivity index (χ0v) is 17.9. The van der Waals surface area contributed by atoms with Gasteiger partial charge in [0.25, 0.3) is 20.2 Å². The topological polar surface area (TPSA) is 109 Å². The van der Waals surface area contributed by atoms with Gasteiger partial charge in [0.1, 0.15) is 9.79 Å². The molecular weight excluding hydrogens is 400 g/mol. The number of hydrogen-bond donors (Lipinski definition) is 2. The number of rotatable bonds is 10. The predicted molar refractivity (Wildman–Crippen MR) is 110 cm³/mol. The van der Waals surface area contributed by atoms with Crippen LogP contribution in [-0.2, 0) is 33.1 Å². The molecule has 0 heterocycles. The summed E-state index contributed by atoms with van der Waals surface area (Å²) in [5, 5.41) is 0.698. The monoisotopic (exact) mass is 428 g/mol. The van der Waals surface area contributed by atoms with Crippen molar-refractivity contribution in [1.82, 2.24) is 0 Å². The quantitative estimate of drug-likeness (QED) is 0.416. The van der Waals surface area contributed by atoms with Crippen LogP contribution in [0.1, 0.15) is 63.5 Å². The Morgan fingerprint density at radius 3 is 1.79 bits per heavy atom. The van der Waals surface area contributed by atoms with Crippen molar-refractivity contribution in [3.63, 3.8) is 0 Å². The van der Waals surface area contributed by atoms with Crippen LogP contribution in [0.3, 0.4) is 0 Å². The van der Waals surface area contributed by atoms with Gasteiger partial charge in [0.05, 0.1) is 0 Å². The van der Waals surface area contributed by atoms with Gasteiger partial charge in [-0.25, -0.2) is 0 Å². The summed E-state index contributed by atoms with van der Waals surface area (Å²) in [7, 11) is -9.74. The Kier molecular flexibility index (Phi) is 7.61. The second-order valence-electron chi connectivity index (χ2n) is 7.03. The molecule has 2 N–H and O–H groups in total. The zero-order valence-electron chi connectivity index (χ0n) is 16.3. The fourth-order valence-electron chi connectivity index (χ4n) is 3.74. The lowest BCUT2D eigenvalue weighted by Crippen LogP contribution is -2.15. The Labute approximate surface area is 167 Å². The van der Waals surface area contributed by atoms with Gasteiger partial charge in [-0.05, 0) is 35.8 Å². The molecule has 2 rings (SSSR count). The van der Waals surface area contributed by atoms with Crippen molar-refractivity contribution < 1.29 is 25.9 Å². The molecule has 0 unspecified atom stereocenters. The SMILES string of the molecule is CCCCCCCc1c(S(=O)(=O)O)c(S(=O)(=O)O)c2ccccc2c1CCC. The van der Waals surface area contributed by atoms with Crippen LogP contribution < -0.4 is 0 Å². The minimum Gasteiger partial charge on any atom is -0.282 e. The van der Waals surface area contributed by atoms with E-state index >= 15 is 0 Å². The first-order valence-electron chi connectivity index (χ1n) is 9.64. The molecule has 0 fully saturated rings. The second kappa shape index (κ2) is 9.35. The van der Waals surface area contributed by atoms with Gasteiger partial charge in [-0.1, -0.05) is 70.2 Å². The molecule has 0 aliphatic rings. The molecule has 6 nitrogen and oxygen atoms in total. The molecule has 0 aliphatic heterocycles. The van der Waals surface area contributed by atoms with Crippen molar-refractivity contribution >= 4 is 31.0 Å². The smallest absolute Gasteiger partial charge is 0.282 e. The van der Waals surface area contributed by atoms with Gasteiger partial charge in [-0.2, -0.15) is 16.8 Å². The van der Waals surface area contributed by atoms with Crippen molar-refractivity contribution in [2.45, 2.75) is 75.0 Å². The molecule has 2 aromatic carbocycles. The van der Waals surface area contributed by atoms with Crippen LogP contribution in [0.5, 0.6) is 0 Å². The highest BCUT2D eigenvalue weighted by Gasteiger charge is 2.32. The molecule has 8 heteroatoms. The summed E-state index contributed by atoms with van der Waals surface area (Å²) in [5.41, 5.74) is 1.01. The summed E-state index contributed by atoms with van der Waals surface area (Å²) in [5.74, 6) is 0.